The summed E-state index contributed by atoms with van der Waals surface area (Å²) in [5.74, 6) is -0.830. The first-order valence-electron chi connectivity index (χ1n) is 13.0. The maximum atomic E-state index is 14.2. The van der Waals surface area contributed by atoms with Crippen molar-refractivity contribution < 1.29 is 14.3 Å². The fourth-order valence-electron chi connectivity index (χ4n) is 5.32. The summed E-state index contributed by atoms with van der Waals surface area (Å²) in [6.45, 7) is 0. The van der Waals surface area contributed by atoms with Gasteiger partial charge < -0.3 is 10.1 Å². The number of carbonyl (C=O) groups is 2. The lowest BCUT2D eigenvalue weighted by Crippen LogP contribution is -2.61. The second-order valence-electron chi connectivity index (χ2n) is 9.82. The molecule has 2 atom stereocenters. The van der Waals surface area contributed by atoms with Crippen LogP contribution in [0, 0.1) is 0 Å². The fraction of sp³-hybridized carbons (Fsp3) is 0.0857. The highest BCUT2D eigenvalue weighted by Gasteiger charge is 2.51. The molecule has 6 rings (SSSR count). The van der Waals surface area contributed by atoms with Crippen molar-refractivity contribution in [1.29, 1.82) is 0 Å². The molecule has 1 N–H and O–H groups in total. The monoisotopic (exact) mass is 509 g/mol. The average Bonchev–Trinajstić information content (AvgIpc) is 2.99. The molecule has 0 aliphatic carbocycles. The second-order valence-corrected chi connectivity index (χ2v) is 9.82. The number of rotatable bonds is 6. The minimum Gasteiger partial charge on any atom is -0.424 e. The standard InChI is InChI=1S/C35H27NO3/c37-33(28-17-8-3-9-18-28)36-35(24-25-12-4-1-5-13-25)31(30-21-20-26-14-10-11-19-29(26)22-30)23-32(39-34(35)38)27-15-6-2-7-16-27/h1-23,31H,24H2,(H,36,37)/t31-,35+/m1/s1. The molecule has 0 aromatic heterocycles. The van der Waals surface area contributed by atoms with E-state index in [0.29, 0.717) is 11.3 Å². The average molecular weight is 510 g/mol. The highest BCUT2D eigenvalue weighted by atomic mass is 16.5. The van der Waals surface area contributed by atoms with E-state index in [4.69, 9.17) is 4.74 Å². The smallest absolute Gasteiger partial charge is 0.338 e. The van der Waals surface area contributed by atoms with Crippen LogP contribution >= 0.6 is 0 Å². The molecule has 0 saturated heterocycles. The van der Waals surface area contributed by atoms with Gasteiger partial charge in [-0.2, -0.15) is 0 Å². The van der Waals surface area contributed by atoms with Crippen molar-refractivity contribution in [3.8, 4) is 0 Å². The molecule has 5 aromatic carbocycles. The lowest BCUT2D eigenvalue weighted by Gasteiger charge is -2.41. The van der Waals surface area contributed by atoms with Crippen molar-refractivity contribution in [2.75, 3.05) is 0 Å². The molecule has 4 nitrogen and oxygen atoms in total. The Kier molecular flexibility index (Phi) is 6.52. The molecule has 190 valence electrons. The normalized spacial score (nSPS) is 18.7. The third-order valence-electron chi connectivity index (χ3n) is 7.31. The Morgan fingerprint density at radius 3 is 2.05 bits per heavy atom. The third kappa shape index (κ3) is 4.85. The van der Waals surface area contributed by atoms with Crippen LogP contribution in [0.3, 0.4) is 0 Å². The van der Waals surface area contributed by atoms with Gasteiger partial charge in [-0.1, -0.05) is 121 Å². The summed E-state index contributed by atoms with van der Waals surface area (Å²) in [5, 5.41) is 5.32. The summed E-state index contributed by atoms with van der Waals surface area (Å²) < 4.78 is 6.04. The molecule has 4 heteroatoms. The number of carbonyl (C=O) groups excluding carboxylic acids is 2. The zero-order valence-electron chi connectivity index (χ0n) is 21.3. The Balaban J connectivity index is 1.55. The molecule has 0 spiro atoms. The maximum Gasteiger partial charge on any atom is 0.338 e. The van der Waals surface area contributed by atoms with Crippen molar-refractivity contribution in [3.63, 3.8) is 0 Å². The van der Waals surface area contributed by atoms with Gasteiger partial charge in [0.15, 0.2) is 5.54 Å². The number of hydrogen-bond donors (Lipinski definition) is 1. The van der Waals surface area contributed by atoms with Crippen LogP contribution in [0.4, 0.5) is 0 Å². The summed E-state index contributed by atoms with van der Waals surface area (Å²) in [5.41, 5.74) is 1.75. The Bertz CT molecular complexity index is 1660. The molecule has 0 radical (unpaired) electrons. The predicted octanol–water partition coefficient (Wildman–Crippen LogP) is 6.93. The van der Waals surface area contributed by atoms with Gasteiger partial charge in [-0.05, 0) is 40.1 Å². The first-order valence-corrected chi connectivity index (χ1v) is 13.0. The zero-order chi connectivity index (χ0) is 26.7. The quantitative estimate of drug-likeness (QED) is 0.253. The third-order valence-corrected chi connectivity index (χ3v) is 7.31. The van der Waals surface area contributed by atoms with Crippen LogP contribution in [0.25, 0.3) is 16.5 Å². The summed E-state index contributed by atoms with van der Waals surface area (Å²) in [7, 11) is 0. The van der Waals surface area contributed by atoms with Gasteiger partial charge in [-0.25, -0.2) is 4.79 Å². The summed E-state index contributed by atoms with van der Waals surface area (Å²) in [6.07, 6.45) is 2.25. The van der Waals surface area contributed by atoms with E-state index in [2.05, 4.69) is 29.6 Å². The van der Waals surface area contributed by atoms with Crippen molar-refractivity contribution in [2.24, 2.45) is 0 Å². The number of fused-ring (bicyclic) bond motifs is 1. The number of benzene rings is 5. The van der Waals surface area contributed by atoms with Gasteiger partial charge in [-0.3, -0.25) is 4.79 Å². The first-order chi connectivity index (χ1) is 19.1. The molecular weight excluding hydrogens is 482 g/mol. The van der Waals surface area contributed by atoms with E-state index >= 15 is 0 Å². The van der Waals surface area contributed by atoms with Crippen LogP contribution in [0.5, 0.6) is 0 Å². The molecule has 5 aromatic rings. The van der Waals surface area contributed by atoms with E-state index in [1.807, 2.05) is 103 Å². The largest absolute Gasteiger partial charge is 0.424 e. The van der Waals surface area contributed by atoms with Gasteiger partial charge in [0.2, 0.25) is 0 Å². The Hall–Kier alpha value is -4.96. The van der Waals surface area contributed by atoms with Gasteiger partial charge in [0, 0.05) is 23.5 Å². The van der Waals surface area contributed by atoms with E-state index in [1.165, 1.54) is 0 Å². The topological polar surface area (TPSA) is 55.4 Å². The van der Waals surface area contributed by atoms with Crippen molar-refractivity contribution in [2.45, 2.75) is 17.9 Å². The summed E-state index contributed by atoms with van der Waals surface area (Å²) >= 11 is 0. The van der Waals surface area contributed by atoms with Crippen molar-refractivity contribution in [3.05, 3.63) is 162 Å². The van der Waals surface area contributed by atoms with Gasteiger partial charge in [-0.15, -0.1) is 0 Å². The van der Waals surface area contributed by atoms with Crippen LogP contribution in [0.1, 0.15) is 33.0 Å². The van der Waals surface area contributed by atoms with E-state index < -0.39 is 17.4 Å². The number of esters is 1. The van der Waals surface area contributed by atoms with Gasteiger partial charge in [0.25, 0.3) is 5.91 Å². The highest BCUT2D eigenvalue weighted by Crippen LogP contribution is 2.42. The molecule has 1 aliphatic heterocycles. The lowest BCUT2D eigenvalue weighted by molar-refractivity contribution is -0.145. The number of nitrogens with one attached hydrogen (secondary N) is 1. The fourth-order valence-corrected chi connectivity index (χ4v) is 5.32. The summed E-state index contributed by atoms with van der Waals surface area (Å²) in [4.78, 5) is 27.9. The number of ether oxygens (including phenoxy) is 1. The molecular formula is C35H27NO3. The van der Waals surface area contributed by atoms with E-state index in [0.717, 1.165) is 27.5 Å². The molecule has 1 heterocycles. The van der Waals surface area contributed by atoms with Crippen LogP contribution in [0.15, 0.2) is 140 Å². The van der Waals surface area contributed by atoms with E-state index in [-0.39, 0.29) is 12.3 Å². The molecule has 0 unspecified atom stereocenters. The van der Waals surface area contributed by atoms with E-state index in [1.54, 1.807) is 12.1 Å². The van der Waals surface area contributed by atoms with Crippen LogP contribution in [-0.2, 0) is 16.0 Å². The minimum absolute atomic E-state index is 0.265. The Labute approximate surface area is 227 Å². The molecule has 0 saturated carbocycles. The van der Waals surface area contributed by atoms with Gasteiger partial charge in [0.05, 0.1) is 0 Å². The SMILES string of the molecule is O=C(N[C@]1(Cc2ccccc2)C(=O)OC(c2ccccc2)=C[C@@H]1c1ccc2ccccc2c1)c1ccccc1. The Morgan fingerprint density at radius 2 is 1.33 bits per heavy atom. The lowest BCUT2D eigenvalue weighted by atomic mass is 9.72. The predicted molar refractivity (Wildman–Crippen MR) is 154 cm³/mol. The number of amides is 1. The minimum atomic E-state index is -1.38. The maximum absolute atomic E-state index is 14.2. The van der Waals surface area contributed by atoms with E-state index in [9.17, 15) is 9.59 Å². The molecule has 1 amide bonds. The second kappa shape index (κ2) is 10.4. The molecule has 39 heavy (non-hydrogen) atoms. The Morgan fingerprint density at radius 1 is 0.718 bits per heavy atom. The van der Waals surface area contributed by atoms with Crippen LogP contribution < -0.4 is 5.32 Å². The highest BCUT2D eigenvalue weighted by molar-refractivity contribution is 6.01. The van der Waals surface area contributed by atoms with Gasteiger partial charge >= 0.3 is 5.97 Å². The summed E-state index contributed by atoms with van der Waals surface area (Å²) in [6, 6.07) is 42.7. The number of cyclic esters (lactones) is 1. The molecule has 0 fully saturated rings. The number of hydrogen-bond acceptors (Lipinski definition) is 3. The van der Waals surface area contributed by atoms with Crippen molar-refractivity contribution in [1.82, 2.24) is 5.32 Å². The zero-order valence-corrected chi connectivity index (χ0v) is 21.3. The van der Waals surface area contributed by atoms with Crippen LogP contribution in [-0.4, -0.2) is 17.4 Å². The van der Waals surface area contributed by atoms with Crippen molar-refractivity contribution >= 4 is 28.4 Å². The first kappa shape index (κ1) is 24.4. The molecule has 1 aliphatic rings. The molecule has 0 bridgehead atoms. The van der Waals surface area contributed by atoms with Gasteiger partial charge in [0.1, 0.15) is 5.76 Å². The van der Waals surface area contributed by atoms with Crippen LogP contribution in [0.2, 0.25) is 0 Å².